The van der Waals surface area contributed by atoms with E-state index in [-0.39, 0.29) is 5.56 Å². The van der Waals surface area contributed by atoms with Gasteiger partial charge < -0.3 is 10.8 Å². The summed E-state index contributed by atoms with van der Waals surface area (Å²) in [5.41, 5.74) is 5.24. The Hall–Kier alpha value is -1.23. The zero-order chi connectivity index (χ0) is 10.9. The topological polar surface area (TPSA) is 46.2 Å². The molecule has 0 bridgehead atoms. The first-order chi connectivity index (χ1) is 6.45. The molecule has 0 radical (unpaired) electrons. The molecule has 0 unspecified atom stereocenters. The van der Waals surface area contributed by atoms with Gasteiger partial charge in [-0.3, -0.25) is 0 Å². The minimum atomic E-state index is -2.83. The van der Waals surface area contributed by atoms with E-state index in [2.05, 4.69) is 0 Å². The maximum Gasteiger partial charge on any atom is 0.257 e. The van der Waals surface area contributed by atoms with Gasteiger partial charge in [-0.2, -0.15) is 0 Å². The van der Waals surface area contributed by atoms with Crippen molar-refractivity contribution in [3.8, 4) is 5.75 Å². The van der Waals surface area contributed by atoms with Gasteiger partial charge in [-0.25, -0.2) is 13.2 Å². The predicted molar refractivity (Wildman–Crippen MR) is 45.7 cm³/mol. The van der Waals surface area contributed by atoms with Crippen LogP contribution >= 0.6 is 0 Å². The van der Waals surface area contributed by atoms with Crippen LogP contribution in [0.1, 0.15) is 17.2 Å². The van der Waals surface area contributed by atoms with Crippen molar-refractivity contribution < 1.29 is 18.3 Å². The second-order valence-corrected chi connectivity index (χ2v) is 2.99. The zero-order valence-corrected chi connectivity index (χ0v) is 7.47. The van der Waals surface area contributed by atoms with Crippen LogP contribution in [0.4, 0.5) is 13.2 Å². The van der Waals surface area contributed by atoms with Crippen LogP contribution in [-0.2, 0) is 0 Å². The summed E-state index contributed by atoms with van der Waals surface area (Å²) >= 11 is 0. The maximum absolute atomic E-state index is 12.8. The van der Waals surface area contributed by atoms with E-state index in [1.807, 2.05) is 0 Å². The Bertz CT molecular complexity index is 341. The minimum Gasteiger partial charge on any atom is -0.505 e. The van der Waals surface area contributed by atoms with Crippen LogP contribution in [0.2, 0.25) is 0 Å². The molecular formula is C9H10F3NO. The van der Waals surface area contributed by atoms with Gasteiger partial charge in [0.1, 0.15) is 0 Å². The van der Waals surface area contributed by atoms with Gasteiger partial charge in [0.05, 0.1) is 6.04 Å². The monoisotopic (exact) mass is 205 g/mol. The predicted octanol–water partition coefficient (Wildman–Crippen LogP) is 2.10. The number of nitrogens with two attached hydrogens (primary N) is 1. The number of halogens is 3. The van der Waals surface area contributed by atoms with Gasteiger partial charge in [0, 0.05) is 5.56 Å². The van der Waals surface area contributed by atoms with E-state index in [4.69, 9.17) is 5.73 Å². The zero-order valence-electron chi connectivity index (χ0n) is 7.47. The number of hydrogen-bond acceptors (Lipinski definition) is 2. The SMILES string of the molecule is Cc1ccc(F)c(O)c1[C@@H](N)C(F)F. The molecule has 0 spiro atoms. The molecule has 1 aromatic carbocycles. The lowest BCUT2D eigenvalue weighted by Crippen LogP contribution is -2.20. The average Bonchev–Trinajstić information content (AvgIpc) is 2.12. The fourth-order valence-electron chi connectivity index (χ4n) is 1.23. The fraction of sp³-hybridized carbons (Fsp3) is 0.333. The molecule has 5 heteroatoms. The molecular weight excluding hydrogens is 195 g/mol. The smallest absolute Gasteiger partial charge is 0.257 e. The largest absolute Gasteiger partial charge is 0.505 e. The van der Waals surface area contributed by atoms with Crippen molar-refractivity contribution in [2.24, 2.45) is 5.73 Å². The van der Waals surface area contributed by atoms with E-state index >= 15 is 0 Å². The van der Waals surface area contributed by atoms with E-state index in [1.54, 1.807) is 0 Å². The van der Waals surface area contributed by atoms with E-state index in [9.17, 15) is 18.3 Å². The normalized spacial score (nSPS) is 13.3. The molecule has 0 aliphatic heterocycles. The molecule has 0 heterocycles. The summed E-state index contributed by atoms with van der Waals surface area (Å²) in [4.78, 5) is 0. The van der Waals surface area contributed by atoms with Crippen molar-refractivity contribution in [1.29, 1.82) is 0 Å². The Morgan fingerprint density at radius 2 is 1.93 bits per heavy atom. The standard InChI is InChI=1S/C9H10F3NO/c1-4-2-3-5(10)8(14)6(4)7(13)9(11)12/h2-3,7,9,14H,13H2,1H3/t7-/m1/s1. The molecule has 0 aromatic heterocycles. The molecule has 0 aliphatic rings. The van der Waals surface area contributed by atoms with Gasteiger partial charge in [-0.05, 0) is 18.6 Å². The van der Waals surface area contributed by atoms with Crippen LogP contribution in [-0.4, -0.2) is 11.5 Å². The van der Waals surface area contributed by atoms with E-state index in [1.165, 1.54) is 13.0 Å². The van der Waals surface area contributed by atoms with Gasteiger partial charge in [0.15, 0.2) is 11.6 Å². The summed E-state index contributed by atoms with van der Waals surface area (Å²) in [7, 11) is 0. The van der Waals surface area contributed by atoms with Crippen LogP contribution in [0.3, 0.4) is 0 Å². The van der Waals surface area contributed by atoms with Gasteiger partial charge in [-0.15, -0.1) is 0 Å². The lowest BCUT2D eigenvalue weighted by Gasteiger charge is -2.15. The molecule has 1 aromatic rings. The third kappa shape index (κ3) is 1.82. The third-order valence-corrected chi connectivity index (χ3v) is 1.99. The molecule has 2 nitrogen and oxygen atoms in total. The summed E-state index contributed by atoms with van der Waals surface area (Å²) in [6, 6.07) is 0.643. The summed E-state index contributed by atoms with van der Waals surface area (Å²) in [6.45, 7) is 1.48. The van der Waals surface area contributed by atoms with Gasteiger partial charge in [0.25, 0.3) is 6.43 Å². The first kappa shape index (κ1) is 10.8. The Morgan fingerprint density at radius 3 is 2.43 bits per heavy atom. The molecule has 3 N–H and O–H groups in total. The van der Waals surface area contributed by atoms with Crippen LogP contribution in [0, 0.1) is 12.7 Å². The number of phenols is 1. The highest BCUT2D eigenvalue weighted by Gasteiger charge is 2.24. The number of alkyl halides is 2. The van der Waals surface area contributed by atoms with Gasteiger partial charge in [-0.1, -0.05) is 6.07 Å². The number of phenolic OH excluding ortho intramolecular Hbond substituents is 1. The lowest BCUT2D eigenvalue weighted by molar-refractivity contribution is 0.114. The summed E-state index contributed by atoms with van der Waals surface area (Å²) in [5, 5.41) is 9.21. The Labute approximate surface area is 79.2 Å². The van der Waals surface area contributed by atoms with E-state index in [0.717, 1.165) is 6.07 Å². The van der Waals surface area contributed by atoms with Crippen molar-refractivity contribution in [2.45, 2.75) is 19.4 Å². The molecule has 0 saturated carbocycles. The number of rotatable bonds is 2. The molecule has 0 fully saturated rings. The molecule has 0 aliphatic carbocycles. The van der Waals surface area contributed by atoms with Crippen molar-refractivity contribution in [2.75, 3.05) is 0 Å². The second kappa shape index (κ2) is 3.88. The van der Waals surface area contributed by atoms with Crippen molar-refractivity contribution >= 4 is 0 Å². The van der Waals surface area contributed by atoms with Crippen molar-refractivity contribution in [3.05, 3.63) is 29.1 Å². The quantitative estimate of drug-likeness (QED) is 0.776. The first-order valence-corrected chi connectivity index (χ1v) is 3.97. The van der Waals surface area contributed by atoms with E-state index in [0.29, 0.717) is 5.56 Å². The summed E-state index contributed by atoms with van der Waals surface area (Å²) in [6.07, 6.45) is -2.83. The average molecular weight is 205 g/mol. The molecule has 0 saturated heterocycles. The van der Waals surface area contributed by atoms with Crippen molar-refractivity contribution in [3.63, 3.8) is 0 Å². The highest BCUT2D eigenvalue weighted by molar-refractivity contribution is 5.42. The number of aromatic hydroxyl groups is 1. The molecule has 1 atom stereocenters. The Kier molecular flexibility index (Phi) is 3.00. The van der Waals surface area contributed by atoms with Gasteiger partial charge in [0.2, 0.25) is 0 Å². The number of hydrogen-bond donors (Lipinski definition) is 2. The van der Waals surface area contributed by atoms with E-state index < -0.39 is 24.0 Å². The van der Waals surface area contributed by atoms with Crippen LogP contribution in [0.15, 0.2) is 12.1 Å². The Morgan fingerprint density at radius 1 is 1.36 bits per heavy atom. The van der Waals surface area contributed by atoms with Crippen molar-refractivity contribution in [1.82, 2.24) is 0 Å². The first-order valence-electron chi connectivity index (χ1n) is 3.97. The highest BCUT2D eigenvalue weighted by atomic mass is 19.3. The molecule has 0 amide bonds. The lowest BCUT2D eigenvalue weighted by atomic mass is 10.0. The fourth-order valence-corrected chi connectivity index (χ4v) is 1.23. The maximum atomic E-state index is 12.8. The summed E-state index contributed by atoms with van der Waals surface area (Å²) in [5.74, 6) is -1.74. The minimum absolute atomic E-state index is 0.236. The summed E-state index contributed by atoms with van der Waals surface area (Å²) < 4.78 is 37.3. The second-order valence-electron chi connectivity index (χ2n) is 2.99. The number of benzene rings is 1. The molecule has 14 heavy (non-hydrogen) atoms. The molecule has 1 rings (SSSR count). The molecule has 78 valence electrons. The highest BCUT2D eigenvalue weighted by Crippen LogP contribution is 2.31. The Balaban J connectivity index is 3.25. The third-order valence-electron chi connectivity index (χ3n) is 1.99. The van der Waals surface area contributed by atoms with Crippen LogP contribution in [0.25, 0.3) is 0 Å². The van der Waals surface area contributed by atoms with Crippen LogP contribution in [0.5, 0.6) is 5.75 Å². The van der Waals surface area contributed by atoms with Crippen LogP contribution < -0.4 is 5.73 Å². The number of aryl methyl sites for hydroxylation is 1. The van der Waals surface area contributed by atoms with Gasteiger partial charge >= 0.3 is 0 Å².